The van der Waals surface area contributed by atoms with E-state index in [2.05, 4.69) is 0 Å². The van der Waals surface area contributed by atoms with Crippen LogP contribution in [0.15, 0.2) is 29.2 Å². The summed E-state index contributed by atoms with van der Waals surface area (Å²) in [7, 11) is -4.47. The average Bonchev–Trinajstić information content (AvgIpc) is 2.14. The molecular formula is C8H6F3NaO4S. The van der Waals surface area contributed by atoms with Gasteiger partial charge in [-0.25, -0.2) is 0 Å². The fourth-order valence-corrected chi connectivity index (χ4v) is 1.42. The molecule has 0 saturated heterocycles. The van der Waals surface area contributed by atoms with E-state index >= 15 is 0 Å². The fourth-order valence-electron chi connectivity index (χ4n) is 0.942. The molecule has 1 aromatic rings. The zero-order chi connectivity index (χ0) is 12.6. The molecule has 0 atom stereocenters. The molecule has 1 aromatic carbocycles. The topological polar surface area (TPSA) is 71.4 Å². The Hall–Kier alpha value is -0.410. The number of alkyl halides is 3. The normalized spacial score (nSPS) is 11.8. The van der Waals surface area contributed by atoms with Crippen LogP contribution >= 0.6 is 0 Å². The number of ketones is 1. The molecule has 0 spiro atoms. The molecule has 0 aromatic heterocycles. The number of hydrogen-bond acceptors (Lipinski definition) is 3. The van der Waals surface area contributed by atoms with E-state index in [1.807, 2.05) is 0 Å². The van der Waals surface area contributed by atoms with E-state index < -0.39 is 32.5 Å². The van der Waals surface area contributed by atoms with Crippen LogP contribution in [-0.4, -0.2) is 54.5 Å². The van der Waals surface area contributed by atoms with E-state index in [1.54, 1.807) is 0 Å². The van der Waals surface area contributed by atoms with Gasteiger partial charge < -0.3 is 0 Å². The summed E-state index contributed by atoms with van der Waals surface area (Å²) in [6, 6.07) is 2.79. The first-order valence-corrected chi connectivity index (χ1v) is 5.25. The number of benzene rings is 1. The van der Waals surface area contributed by atoms with Gasteiger partial charge >= 0.3 is 35.7 Å². The monoisotopic (exact) mass is 278 g/mol. The minimum absolute atomic E-state index is 0. The number of halogens is 3. The van der Waals surface area contributed by atoms with E-state index in [0.29, 0.717) is 24.3 Å². The molecule has 0 unspecified atom stereocenters. The maximum absolute atomic E-state index is 12.0. The van der Waals surface area contributed by atoms with E-state index in [0.717, 1.165) is 0 Å². The Morgan fingerprint density at radius 2 is 1.53 bits per heavy atom. The van der Waals surface area contributed by atoms with Crippen LogP contribution in [0, 0.1) is 0 Å². The Kier molecular flexibility index (Phi) is 5.36. The summed E-state index contributed by atoms with van der Waals surface area (Å²) in [6.45, 7) is 0. The third-order valence-corrected chi connectivity index (χ3v) is 2.54. The number of Topliss-reactive ketones (excluding diaryl/α,β-unsaturated/α-hetero) is 1. The first kappa shape index (κ1) is 16.6. The van der Waals surface area contributed by atoms with E-state index in [9.17, 15) is 26.4 Å². The first-order valence-electron chi connectivity index (χ1n) is 3.81. The molecule has 0 amide bonds. The van der Waals surface area contributed by atoms with Crippen LogP contribution in [-0.2, 0) is 10.1 Å². The van der Waals surface area contributed by atoms with Crippen molar-refractivity contribution in [2.24, 2.45) is 0 Å². The molecule has 0 heterocycles. The van der Waals surface area contributed by atoms with Crippen molar-refractivity contribution in [1.29, 1.82) is 0 Å². The molecular weight excluding hydrogens is 272 g/mol. The molecule has 0 bridgehead atoms. The number of carbonyl (C=O) groups excluding carboxylic acids is 1. The van der Waals surface area contributed by atoms with Crippen LogP contribution in [0.25, 0.3) is 0 Å². The van der Waals surface area contributed by atoms with Gasteiger partial charge in [-0.05, 0) is 24.3 Å². The summed E-state index contributed by atoms with van der Waals surface area (Å²) in [4.78, 5) is 10.1. The number of carbonyl (C=O) groups is 1. The minimum atomic E-state index is -5.01. The second-order valence-electron chi connectivity index (χ2n) is 2.83. The van der Waals surface area contributed by atoms with Gasteiger partial charge in [-0.2, -0.15) is 21.6 Å². The van der Waals surface area contributed by atoms with Crippen LogP contribution in [0.3, 0.4) is 0 Å². The van der Waals surface area contributed by atoms with Gasteiger partial charge in [0, 0.05) is 5.56 Å². The molecule has 1 N–H and O–H groups in total. The Bertz CT molecular complexity index is 507. The van der Waals surface area contributed by atoms with Gasteiger partial charge in [-0.1, -0.05) is 0 Å². The van der Waals surface area contributed by atoms with Crippen LogP contribution in [0.5, 0.6) is 0 Å². The Morgan fingerprint density at radius 3 is 1.82 bits per heavy atom. The summed E-state index contributed by atoms with van der Waals surface area (Å²) in [6.07, 6.45) is -5.01. The molecule has 17 heavy (non-hydrogen) atoms. The first-order chi connectivity index (χ1) is 7.12. The fraction of sp³-hybridized carbons (Fsp3) is 0.125. The average molecular weight is 278 g/mol. The molecule has 1 rings (SSSR count). The summed E-state index contributed by atoms with van der Waals surface area (Å²) >= 11 is 0. The summed E-state index contributed by atoms with van der Waals surface area (Å²) < 4.78 is 65.5. The SMILES string of the molecule is O=C(c1ccc(S(=O)(=O)O)cc1)C(F)(F)F.[NaH]. The van der Waals surface area contributed by atoms with Crippen molar-refractivity contribution in [3.05, 3.63) is 29.8 Å². The summed E-state index contributed by atoms with van der Waals surface area (Å²) in [5, 5.41) is 0. The Labute approximate surface area is 117 Å². The van der Waals surface area contributed by atoms with Gasteiger partial charge in [0.05, 0.1) is 4.90 Å². The van der Waals surface area contributed by atoms with Crippen LogP contribution < -0.4 is 0 Å². The predicted octanol–water partition coefficient (Wildman–Crippen LogP) is 1.03. The van der Waals surface area contributed by atoms with Crippen LogP contribution in [0.4, 0.5) is 13.2 Å². The number of hydrogen-bond donors (Lipinski definition) is 1. The molecule has 0 saturated carbocycles. The van der Waals surface area contributed by atoms with Crippen molar-refractivity contribution >= 4 is 45.5 Å². The zero-order valence-electron chi connectivity index (χ0n) is 7.52. The van der Waals surface area contributed by atoms with Crippen molar-refractivity contribution in [3.63, 3.8) is 0 Å². The predicted molar refractivity (Wildman–Crippen MR) is 53.8 cm³/mol. The molecule has 0 aliphatic carbocycles. The molecule has 0 fully saturated rings. The molecule has 4 nitrogen and oxygen atoms in total. The second-order valence-corrected chi connectivity index (χ2v) is 4.25. The third-order valence-electron chi connectivity index (χ3n) is 1.67. The van der Waals surface area contributed by atoms with Crippen molar-refractivity contribution in [1.82, 2.24) is 0 Å². The van der Waals surface area contributed by atoms with Crippen molar-refractivity contribution < 1.29 is 30.9 Å². The van der Waals surface area contributed by atoms with Gasteiger partial charge in [-0.3, -0.25) is 9.35 Å². The van der Waals surface area contributed by atoms with E-state index in [4.69, 9.17) is 4.55 Å². The molecule has 0 aliphatic heterocycles. The van der Waals surface area contributed by atoms with Gasteiger partial charge in [-0.15, -0.1) is 0 Å². The Balaban J connectivity index is 0.00000256. The summed E-state index contributed by atoms with van der Waals surface area (Å²) in [5.41, 5.74) is -0.695. The van der Waals surface area contributed by atoms with E-state index in [-0.39, 0.29) is 29.6 Å². The standard InChI is InChI=1S/C8H5F3O4S.Na.H/c9-8(10,11)7(12)5-1-3-6(4-2-5)16(13,14)15;;/h1-4H,(H,13,14,15);;. The van der Waals surface area contributed by atoms with Crippen LogP contribution in [0.2, 0.25) is 0 Å². The van der Waals surface area contributed by atoms with Crippen LogP contribution in [0.1, 0.15) is 10.4 Å². The second kappa shape index (κ2) is 5.49. The van der Waals surface area contributed by atoms with Crippen molar-refractivity contribution in [2.75, 3.05) is 0 Å². The van der Waals surface area contributed by atoms with Gasteiger partial charge in [0.25, 0.3) is 15.9 Å². The quantitative estimate of drug-likeness (QED) is 0.498. The molecule has 9 heteroatoms. The van der Waals surface area contributed by atoms with Gasteiger partial charge in [0.15, 0.2) is 0 Å². The third kappa shape index (κ3) is 4.40. The maximum atomic E-state index is 12.0. The number of rotatable bonds is 2. The molecule has 90 valence electrons. The Morgan fingerprint density at radius 1 is 1.12 bits per heavy atom. The van der Waals surface area contributed by atoms with E-state index in [1.165, 1.54) is 0 Å². The molecule has 0 aliphatic rings. The van der Waals surface area contributed by atoms with Gasteiger partial charge in [0.2, 0.25) is 0 Å². The molecule has 0 radical (unpaired) electrons. The van der Waals surface area contributed by atoms with Gasteiger partial charge in [0.1, 0.15) is 0 Å². The van der Waals surface area contributed by atoms with Crippen molar-refractivity contribution in [2.45, 2.75) is 11.1 Å². The summed E-state index contributed by atoms with van der Waals surface area (Å²) in [5.74, 6) is -2.07. The van der Waals surface area contributed by atoms with Crippen molar-refractivity contribution in [3.8, 4) is 0 Å². The zero-order valence-corrected chi connectivity index (χ0v) is 8.34.